The van der Waals surface area contributed by atoms with Gasteiger partial charge < -0.3 is 20.8 Å². The number of carbonyl (C=O) groups is 1. The summed E-state index contributed by atoms with van der Waals surface area (Å²) in [5.74, 6) is 1.00. The molecule has 0 fully saturated rings. The molecular weight excluding hydrogens is 381 g/mol. The molecule has 0 aliphatic heterocycles. The molecule has 0 aliphatic rings. The lowest BCUT2D eigenvalue weighted by Gasteiger charge is -2.06. The van der Waals surface area contributed by atoms with E-state index in [0.717, 1.165) is 5.56 Å². The third-order valence-electron chi connectivity index (χ3n) is 3.69. The molecule has 1 aromatic carbocycles. The second-order valence-electron chi connectivity index (χ2n) is 5.98. The van der Waals surface area contributed by atoms with Crippen molar-refractivity contribution in [1.29, 1.82) is 0 Å². The summed E-state index contributed by atoms with van der Waals surface area (Å²) in [6.45, 7) is 1.75. The molecule has 0 saturated carbocycles. The molecule has 28 heavy (non-hydrogen) atoms. The first-order chi connectivity index (χ1) is 13.5. The first-order valence-electron chi connectivity index (χ1n) is 8.57. The first kappa shape index (κ1) is 19.6. The zero-order valence-corrected chi connectivity index (χ0v) is 16.0. The summed E-state index contributed by atoms with van der Waals surface area (Å²) < 4.78 is 19.7. The third-order valence-corrected chi connectivity index (χ3v) is 4.45. The molecular formula is C19H20FN5O2S. The number of benzene rings is 1. The summed E-state index contributed by atoms with van der Waals surface area (Å²) in [6, 6.07) is 12.8. The van der Waals surface area contributed by atoms with Gasteiger partial charge in [0.05, 0.1) is 6.54 Å². The van der Waals surface area contributed by atoms with Crippen LogP contribution in [0.1, 0.15) is 18.2 Å². The molecule has 1 atom stereocenters. The average Bonchev–Trinajstić information content (AvgIpc) is 3.29. The quantitative estimate of drug-likeness (QED) is 0.320. The molecule has 2 heterocycles. The van der Waals surface area contributed by atoms with Crippen LogP contribution in [0.25, 0.3) is 11.5 Å². The van der Waals surface area contributed by atoms with Gasteiger partial charge in [0.25, 0.3) is 0 Å². The molecule has 9 heteroatoms. The van der Waals surface area contributed by atoms with Crippen LogP contribution in [0.3, 0.4) is 0 Å². The standard InChI is InChI=1S/C19H20FN5O2S/c1-12(26)22-10-14-7-8-16(27-14)15-11-28-19(23-15)25-18(21)24-17(20)9-13-5-3-2-4-6-13/h2-8,11,17H,9-10H2,1H3,(H,22,26)(H3,21,23,24,25). The number of alkyl halides is 1. The van der Waals surface area contributed by atoms with Gasteiger partial charge in [-0.05, 0) is 17.7 Å². The maximum Gasteiger partial charge on any atom is 0.217 e. The number of thiazole rings is 1. The van der Waals surface area contributed by atoms with Crippen molar-refractivity contribution in [2.75, 3.05) is 5.32 Å². The lowest BCUT2D eigenvalue weighted by atomic mass is 10.1. The number of anilines is 1. The van der Waals surface area contributed by atoms with Crippen molar-refractivity contribution in [2.24, 2.45) is 10.7 Å². The number of hydrogen-bond acceptors (Lipinski definition) is 5. The van der Waals surface area contributed by atoms with Gasteiger partial charge in [0.1, 0.15) is 11.5 Å². The van der Waals surface area contributed by atoms with Crippen molar-refractivity contribution in [2.45, 2.75) is 26.2 Å². The fraction of sp³-hybridized carbons (Fsp3) is 0.211. The molecule has 0 spiro atoms. The molecule has 7 nitrogen and oxygen atoms in total. The lowest BCUT2D eigenvalue weighted by Crippen LogP contribution is -2.24. The van der Waals surface area contributed by atoms with Gasteiger partial charge in [-0.25, -0.2) is 14.4 Å². The molecule has 3 rings (SSSR count). The molecule has 1 amide bonds. The van der Waals surface area contributed by atoms with Gasteiger partial charge in [0.2, 0.25) is 5.91 Å². The topological polar surface area (TPSA) is 106 Å². The number of aliphatic imine (C=N–C) groups is 1. The van der Waals surface area contributed by atoms with Crippen LogP contribution in [0.5, 0.6) is 0 Å². The lowest BCUT2D eigenvalue weighted by molar-refractivity contribution is -0.119. The number of halogens is 1. The van der Waals surface area contributed by atoms with E-state index in [1.54, 1.807) is 17.5 Å². The van der Waals surface area contributed by atoms with Gasteiger partial charge in [-0.1, -0.05) is 30.3 Å². The number of hydrogen-bond donors (Lipinski definition) is 3. The van der Waals surface area contributed by atoms with Gasteiger partial charge in [0, 0.05) is 18.7 Å². The first-order valence-corrected chi connectivity index (χ1v) is 9.45. The Balaban J connectivity index is 1.58. The molecule has 146 valence electrons. The molecule has 0 aliphatic carbocycles. The van der Waals surface area contributed by atoms with Gasteiger partial charge in [-0.15, -0.1) is 11.3 Å². The number of guanidine groups is 1. The van der Waals surface area contributed by atoms with Gasteiger partial charge in [0.15, 0.2) is 23.1 Å². The fourth-order valence-electron chi connectivity index (χ4n) is 2.41. The van der Waals surface area contributed by atoms with E-state index >= 15 is 0 Å². The Bertz CT molecular complexity index is 954. The normalized spacial score (nSPS) is 12.6. The zero-order valence-electron chi connectivity index (χ0n) is 15.2. The summed E-state index contributed by atoms with van der Waals surface area (Å²) in [7, 11) is 0. The highest BCUT2D eigenvalue weighted by atomic mass is 32.1. The monoisotopic (exact) mass is 401 g/mol. The summed E-state index contributed by atoms with van der Waals surface area (Å²) in [5.41, 5.74) is 7.23. The van der Waals surface area contributed by atoms with Gasteiger partial charge >= 0.3 is 0 Å². The van der Waals surface area contributed by atoms with E-state index in [9.17, 15) is 9.18 Å². The van der Waals surface area contributed by atoms with Crippen molar-refractivity contribution < 1.29 is 13.6 Å². The molecule has 0 bridgehead atoms. The van der Waals surface area contributed by atoms with E-state index in [1.165, 1.54) is 18.3 Å². The van der Waals surface area contributed by atoms with Gasteiger partial charge in [-0.2, -0.15) is 0 Å². The number of rotatable bonds is 7. The molecule has 0 radical (unpaired) electrons. The van der Waals surface area contributed by atoms with Crippen molar-refractivity contribution >= 4 is 28.3 Å². The van der Waals surface area contributed by atoms with E-state index in [-0.39, 0.29) is 18.3 Å². The van der Waals surface area contributed by atoms with Crippen molar-refractivity contribution in [3.8, 4) is 11.5 Å². The summed E-state index contributed by atoms with van der Waals surface area (Å²) >= 11 is 1.30. The summed E-state index contributed by atoms with van der Waals surface area (Å²) in [6.07, 6.45) is -1.30. The Hall–Kier alpha value is -3.20. The van der Waals surface area contributed by atoms with E-state index < -0.39 is 6.30 Å². The number of aromatic nitrogens is 1. The second kappa shape index (κ2) is 9.14. The van der Waals surface area contributed by atoms with Crippen LogP contribution >= 0.6 is 11.3 Å². The van der Waals surface area contributed by atoms with Crippen molar-refractivity contribution in [3.63, 3.8) is 0 Å². The average molecular weight is 401 g/mol. The van der Waals surface area contributed by atoms with E-state index in [1.807, 2.05) is 30.3 Å². The maximum absolute atomic E-state index is 14.1. The number of nitrogens with zero attached hydrogens (tertiary/aromatic N) is 2. The Morgan fingerprint density at radius 3 is 2.86 bits per heavy atom. The third kappa shape index (κ3) is 5.65. The maximum atomic E-state index is 14.1. The van der Waals surface area contributed by atoms with E-state index in [0.29, 0.717) is 28.9 Å². The largest absolute Gasteiger partial charge is 0.458 e. The smallest absolute Gasteiger partial charge is 0.217 e. The highest BCUT2D eigenvalue weighted by Crippen LogP contribution is 2.26. The Morgan fingerprint density at radius 2 is 2.11 bits per heavy atom. The predicted octanol–water partition coefficient (Wildman–Crippen LogP) is 3.30. The summed E-state index contributed by atoms with van der Waals surface area (Å²) in [5, 5.41) is 7.72. The highest BCUT2D eigenvalue weighted by molar-refractivity contribution is 7.14. The molecule has 4 N–H and O–H groups in total. The van der Waals surface area contributed by atoms with Crippen LogP contribution in [0, 0.1) is 0 Å². The number of nitrogens with two attached hydrogens (primary N) is 1. The van der Waals surface area contributed by atoms with Crippen LogP contribution < -0.4 is 16.4 Å². The fourth-order valence-corrected chi connectivity index (χ4v) is 3.12. The molecule has 0 saturated heterocycles. The van der Waals surface area contributed by atoms with Crippen LogP contribution in [0.15, 0.2) is 57.3 Å². The minimum absolute atomic E-state index is 0.0462. The Labute approximate surface area is 165 Å². The molecule has 2 aromatic heterocycles. The van der Waals surface area contributed by atoms with Crippen LogP contribution in [-0.4, -0.2) is 23.1 Å². The molecule has 1 unspecified atom stereocenters. The highest BCUT2D eigenvalue weighted by Gasteiger charge is 2.11. The number of amides is 1. The van der Waals surface area contributed by atoms with Crippen LogP contribution in [0.4, 0.5) is 9.52 Å². The van der Waals surface area contributed by atoms with E-state index in [2.05, 4.69) is 20.6 Å². The van der Waals surface area contributed by atoms with Crippen molar-refractivity contribution in [3.05, 3.63) is 59.2 Å². The number of carbonyl (C=O) groups excluding carboxylic acids is 1. The SMILES string of the molecule is CC(=O)NCc1ccc(-c2csc(NC(N)=NC(F)Cc3ccccc3)n2)o1. The van der Waals surface area contributed by atoms with E-state index in [4.69, 9.17) is 10.2 Å². The minimum Gasteiger partial charge on any atom is -0.458 e. The Kier molecular flexibility index (Phi) is 6.38. The predicted molar refractivity (Wildman–Crippen MR) is 108 cm³/mol. The zero-order chi connectivity index (χ0) is 19.9. The van der Waals surface area contributed by atoms with Gasteiger partial charge in [-0.3, -0.25) is 4.79 Å². The molecule has 3 aromatic rings. The minimum atomic E-state index is -1.45. The second-order valence-corrected chi connectivity index (χ2v) is 6.84. The van der Waals surface area contributed by atoms with Crippen LogP contribution in [0.2, 0.25) is 0 Å². The summed E-state index contributed by atoms with van der Waals surface area (Å²) in [4.78, 5) is 19.1. The number of nitrogens with one attached hydrogen (secondary N) is 2. The van der Waals surface area contributed by atoms with Crippen molar-refractivity contribution in [1.82, 2.24) is 10.3 Å². The Morgan fingerprint density at radius 1 is 1.32 bits per heavy atom. The number of furan rings is 1. The van der Waals surface area contributed by atoms with Crippen LogP contribution in [-0.2, 0) is 17.8 Å².